The van der Waals surface area contributed by atoms with E-state index < -0.39 is 31.9 Å². The first kappa shape index (κ1) is 20.6. The zero-order valence-corrected chi connectivity index (χ0v) is 17.8. The van der Waals surface area contributed by atoms with Crippen molar-refractivity contribution in [3.8, 4) is 0 Å². The number of carbonyl (C=O) groups excluding carboxylic acids is 1. The summed E-state index contributed by atoms with van der Waals surface area (Å²) in [4.78, 5) is 15.3. The summed E-state index contributed by atoms with van der Waals surface area (Å²) >= 11 is 0. The third-order valence-corrected chi connectivity index (χ3v) is 8.45. The fourth-order valence-corrected chi connectivity index (χ4v) is 6.44. The van der Waals surface area contributed by atoms with E-state index in [9.17, 15) is 21.6 Å². The van der Waals surface area contributed by atoms with E-state index in [1.54, 1.807) is 6.92 Å². The maximum atomic E-state index is 12.6. The van der Waals surface area contributed by atoms with Crippen LogP contribution in [-0.2, 0) is 31.3 Å². The molecule has 1 atom stereocenters. The number of carbonyl (C=O) groups is 1. The molecule has 2 aromatic carbocycles. The molecule has 1 aliphatic rings. The number of fused-ring (bicyclic) bond motifs is 1. The van der Waals surface area contributed by atoms with Gasteiger partial charge in [0.15, 0.2) is 0 Å². The zero-order chi connectivity index (χ0) is 21.5. The predicted molar refractivity (Wildman–Crippen MR) is 114 cm³/mol. The molecule has 2 heterocycles. The van der Waals surface area contributed by atoms with Gasteiger partial charge in [-0.15, -0.1) is 0 Å². The molecule has 0 radical (unpaired) electrons. The van der Waals surface area contributed by atoms with Gasteiger partial charge in [0.2, 0.25) is 26.0 Å². The fourth-order valence-electron chi connectivity index (χ4n) is 3.59. The van der Waals surface area contributed by atoms with Crippen LogP contribution in [0.25, 0.3) is 10.9 Å². The van der Waals surface area contributed by atoms with Gasteiger partial charge in [0, 0.05) is 23.6 Å². The highest BCUT2D eigenvalue weighted by molar-refractivity contribution is 7.94. The number of amides is 1. The third kappa shape index (κ3) is 3.73. The standard InChI is InChI=1S/C20H21N3O5S2/c1-14-13-29(25,26)23(20(14)24)16-6-8-17(9-7-16)30(27,28)22-11-10-15-12-21-19-5-3-2-4-18(15)19/h2-9,12,14,21-22H,10-11,13H2,1H3/t14-/m1/s1. The molecule has 3 aromatic rings. The molecule has 0 unspecified atom stereocenters. The maximum Gasteiger partial charge on any atom is 0.244 e. The maximum absolute atomic E-state index is 12.6. The van der Waals surface area contributed by atoms with Crippen molar-refractivity contribution in [1.82, 2.24) is 9.71 Å². The van der Waals surface area contributed by atoms with Crippen molar-refractivity contribution in [2.45, 2.75) is 18.2 Å². The summed E-state index contributed by atoms with van der Waals surface area (Å²) in [5.74, 6) is -1.38. The number of para-hydroxylation sites is 1. The molecule has 10 heteroatoms. The van der Waals surface area contributed by atoms with Gasteiger partial charge < -0.3 is 4.98 Å². The molecule has 1 saturated heterocycles. The van der Waals surface area contributed by atoms with E-state index in [0.717, 1.165) is 20.8 Å². The molecule has 4 rings (SSSR count). The van der Waals surface area contributed by atoms with Crippen LogP contribution in [-0.4, -0.2) is 40.0 Å². The first-order chi connectivity index (χ1) is 14.2. The second-order valence-electron chi connectivity index (χ2n) is 7.28. The molecule has 1 aliphatic heterocycles. The minimum absolute atomic E-state index is 0.00210. The summed E-state index contributed by atoms with van der Waals surface area (Å²) in [5, 5.41) is 1.05. The van der Waals surface area contributed by atoms with Crippen LogP contribution >= 0.6 is 0 Å². The number of benzene rings is 2. The second-order valence-corrected chi connectivity index (χ2v) is 10.9. The molecular formula is C20H21N3O5S2. The number of aromatic nitrogens is 1. The zero-order valence-electron chi connectivity index (χ0n) is 16.2. The molecule has 1 aromatic heterocycles. The van der Waals surface area contributed by atoms with Crippen molar-refractivity contribution in [3.05, 3.63) is 60.3 Å². The molecule has 2 N–H and O–H groups in total. The monoisotopic (exact) mass is 447 g/mol. The summed E-state index contributed by atoms with van der Waals surface area (Å²) < 4.78 is 52.8. The average molecular weight is 448 g/mol. The van der Waals surface area contributed by atoms with Crippen molar-refractivity contribution in [3.63, 3.8) is 0 Å². The molecule has 0 spiro atoms. The quantitative estimate of drug-likeness (QED) is 0.600. The number of nitrogens with one attached hydrogen (secondary N) is 2. The fraction of sp³-hybridized carbons (Fsp3) is 0.250. The highest BCUT2D eigenvalue weighted by atomic mass is 32.2. The molecule has 8 nitrogen and oxygen atoms in total. The van der Waals surface area contributed by atoms with Crippen LogP contribution in [0.3, 0.4) is 0 Å². The first-order valence-corrected chi connectivity index (χ1v) is 12.5. The van der Waals surface area contributed by atoms with E-state index in [1.807, 2.05) is 30.5 Å². The van der Waals surface area contributed by atoms with Gasteiger partial charge in [0.1, 0.15) is 0 Å². The number of rotatable bonds is 6. The molecule has 0 bridgehead atoms. The largest absolute Gasteiger partial charge is 0.361 e. The summed E-state index contributed by atoms with van der Waals surface area (Å²) in [6, 6.07) is 13.1. The molecule has 1 fully saturated rings. The van der Waals surface area contributed by atoms with Crippen molar-refractivity contribution in [2.75, 3.05) is 16.6 Å². The SMILES string of the molecule is C[C@@H]1CS(=O)(=O)N(c2ccc(S(=O)(=O)NCCc3c[nH]c4ccccc34)cc2)C1=O. The lowest BCUT2D eigenvalue weighted by Gasteiger charge is -2.15. The van der Waals surface area contributed by atoms with E-state index in [2.05, 4.69) is 9.71 Å². The molecule has 158 valence electrons. The van der Waals surface area contributed by atoms with Crippen molar-refractivity contribution < 1.29 is 21.6 Å². The summed E-state index contributed by atoms with van der Waals surface area (Å²) in [5.41, 5.74) is 2.14. The molecule has 1 amide bonds. The van der Waals surface area contributed by atoms with Crippen LogP contribution in [0.5, 0.6) is 0 Å². The van der Waals surface area contributed by atoms with Crippen molar-refractivity contribution in [2.24, 2.45) is 5.92 Å². The van der Waals surface area contributed by atoms with Gasteiger partial charge in [-0.1, -0.05) is 25.1 Å². The van der Waals surface area contributed by atoms with Crippen molar-refractivity contribution in [1.29, 1.82) is 0 Å². The smallest absolute Gasteiger partial charge is 0.244 e. The van der Waals surface area contributed by atoms with E-state index in [0.29, 0.717) is 6.42 Å². The lowest BCUT2D eigenvalue weighted by molar-refractivity contribution is -0.119. The lowest BCUT2D eigenvalue weighted by atomic mass is 10.1. The Morgan fingerprint density at radius 1 is 1.13 bits per heavy atom. The lowest BCUT2D eigenvalue weighted by Crippen LogP contribution is -2.30. The minimum atomic E-state index is -3.77. The Morgan fingerprint density at radius 2 is 1.83 bits per heavy atom. The minimum Gasteiger partial charge on any atom is -0.361 e. The number of hydrogen-bond donors (Lipinski definition) is 2. The van der Waals surface area contributed by atoms with Crippen LogP contribution in [0.1, 0.15) is 12.5 Å². The topological polar surface area (TPSA) is 116 Å². The van der Waals surface area contributed by atoms with Crippen LogP contribution < -0.4 is 9.03 Å². The summed E-state index contributed by atoms with van der Waals surface area (Å²) in [7, 11) is -7.50. The Morgan fingerprint density at radius 3 is 2.50 bits per heavy atom. The summed E-state index contributed by atoms with van der Waals surface area (Å²) in [6.45, 7) is 1.76. The molecule has 30 heavy (non-hydrogen) atoms. The number of aromatic amines is 1. The first-order valence-electron chi connectivity index (χ1n) is 9.40. The van der Waals surface area contributed by atoms with Crippen molar-refractivity contribution >= 4 is 42.5 Å². The Labute approximate surface area is 175 Å². The Hall–Kier alpha value is -2.69. The van der Waals surface area contributed by atoms with Gasteiger partial charge >= 0.3 is 0 Å². The van der Waals surface area contributed by atoms with Gasteiger partial charge in [-0.25, -0.2) is 25.9 Å². The number of nitrogens with zero attached hydrogens (tertiary/aromatic N) is 1. The highest BCUT2D eigenvalue weighted by Crippen LogP contribution is 2.29. The normalized spacial score (nSPS) is 18.9. The van der Waals surface area contributed by atoms with Crippen LogP contribution in [0.15, 0.2) is 59.6 Å². The Kier molecular flexibility index (Phi) is 5.16. The van der Waals surface area contributed by atoms with Gasteiger partial charge in [0.05, 0.1) is 22.3 Å². The second kappa shape index (κ2) is 7.53. The predicted octanol–water partition coefficient (Wildman–Crippen LogP) is 2.00. The molecule has 0 aliphatic carbocycles. The Balaban J connectivity index is 1.46. The van der Waals surface area contributed by atoms with Crippen LogP contribution in [0, 0.1) is 5.92 Å². The third-order valence-electron chi connectivity index (χ3n) is 5.10. The van der Waals surface area contributed by atoms with Gasteiger partial charge in [-0.2, -0.15) is 0 Å². The average Bonchev–Trinajstić information content (AvgIpc) is 3.19. The number of hydrogen-bond acceptors (Lipinski definition) is 5. The van der Waals surface area contributed by atoms with E-state index in [1.165, 1.54) is 24.3 Å². The van der Waals surface area contributed by atoms with Gasteiger partial charge in [-0.3, -0.25) is 4.79 Å². The highest BCUT2D eigenvalue weighted by Gasteiger charge is 2.41. The number of anilines is 1. The van der Waals surface area contributed by atoms with Crippen LogP contribution in [0.2, 0.25) is 0 Å². The van der Waals surface area contributed by atoms with Crippen LogP contribution in [0.4, 0.5) is 5.69 Å². The Bertz CT molecular complexity index is 1310. The van der Waals surface area contributed by atoms with Gasteiger partial charge in [-0.05, 0) is 42.3 Å². The van der Waals surface area contributed by atoms with Gasteiger partial charge in [0.25, 0.3) is 0 Å². The number of H-pyrrole nitrogens is 1. The van der Waals surface area contributed by atoms with E-state index in [4.69, 9.17) is 0 Å². The van der Waals surface area contributed by atoms with E-state index in [-0.39, 0.29) is 22.9 Å². The molecular weight excluding hydrogens is 426 g/mol. The number of sulfonamides is 2. The molecule has 0 saturated carbocycles. The summed E-state index contributed by atoms with van der Waals surface area (Å²) in [6.07, 6.45) is 2.38. The van der Waals surface area contributed by atoms with E-state index >= 15 is 0 Å².